The number of halogens is 1. The Hall–Kier alpha value is -1.37. The summed E-state index contributed by atoms with van der Waals surface area (Å²) in [5.41, 5.74) is 1.19. The third kappa shape index (κ3) is 3.59. The monoisotopic (exact) mass is 383 g/mol. The van der Waals surface area contributed by atoms with Crippen molar-refractivity contribution >= 4 is 28.5 Å². The van der Waals surface area contributed by atoms with E-state index in [1.165, 1.54) is 5.56 Å². The molecule has 20 heavy (non-hydrogen) atoms. The molecule has 1 unspecified atom stereocenters. The summed E-state index contributed by atoms with van der Waals surface area (Å²) in [5.74, 6) is 1.67. The number of likely N-dealkylation sites (N-methyl/N-ethyl adjacent to an activating group) is 1. The lowest BCUT2D eigenvalue weighted by molar-refractivity contribution is 0.408. The first-order valence-corrected chi connectivity index (χ1v) is 7.52. The van der Waals surface area contributed by atoms with E-state index in [-0.39, 0.29) is 6.04 Å². The van der Waals surface area contributed by atoms with Crippen molar-refractivity contribution in [1.29, 1.82) is 0 Å². The van der Waals surface area contributed by atoms with Crippen LogP contribution in [0.1, 0.15) is 12.5 Å². The second-order valence-corrected chi connectivity index (χ2v) is 5.92. The third-order valence-electron chi connectivity index (χ3n) is 3.29. The molecule has 0 aliphatic rings. The highest BCUT2D eigenvalue weighted by Crippen LogP contribution is 2.21. The Bertz CT molecular complexity index is 559. The van der Waals surface area contributed by atoms with E-state index >= 15 is 0 Å². The van der Waals surface area contributed by atoms with E-state index in [2.05, 4.69) is 50.4 Å². The molecule has 0 bridgehead atoms. The van der Waals surface area contributed by atoms with Crippen molar-refractivity contribution in [2.75, 3.05) is 19.1 Å². The summed E-state index contributed by atoms with van der Waals surface area (Å²) in [7, 11) is 3.72. The van der Waals surface area contributed by atoms with Crippen LogP contribution in [0.4, 0.5) is 5.95 Å². The molecule has 0 aliphatic heterocycles. The van der Waals surface area contributed by atoms with Crippen LogP contribution in [-0.4, -0.2) is 30.2 Å². The number of para-hydroxylation sites is 1. The number of hydrogen-bond acceptors (Lipinski definition) is 4. The second kappa shape index (κ2) is 6.88. The summed E-state index contributed by atoms with van der Waals surface area (Å²) >= 11 is 2.21. The minimum Gasteiger partial charge on any atom is -0.496 e. The normalized spacial score (nSPS) is 12.0. The Morgan fingerprint density at radius 3 is 2.55 bits per heavy atom. The van der Waals surface area contributed by atoms with Crippen LogP contribution >= 0.6 is 22.6 Å². The number of hydrogen-bond donors (Lipinski definition) is 0. The molecular formula is C15H18IN3O. The van der Waals surface area contributed by atoms with Crippen LogP contribution in [0.5, 0.6) is 5.75 Å². The molecule has 4 nitrogen and oxygen atoms in total. The van der Waals surface area contributed by atoms with Crippen molar-refractivity contribution in [2.24, 2.45) is 0 Å². The summed E-state index contributed by atoms with van der Waals surface area (Å²) in [4.78, 5) is 10.8. The van der Waals surface area contributed by atoms with Gasteiger partial charge < -0.3 is 9.64 Å². The number of benzene rings is 1. The number of ether oxygens (including phenoxy) is 1. The number of methoxy groups -OCH3 is 1. The maximum absolute atomic E-state index is 5.40. The first-order valence-electron chi connectivity index (χ1n) is 6.44. The fraction of sp³-hybridized carbons (Fsp3) is 0.333. The van der Waals surface area contributed by atoms with Crippen LogP contribution in [0.2, 0.25) is 0 Å². The summed E-state index contributed by atoms with van der Waals surface area (Å²) in [6, 6.07) is 8.39. The van der Waals surface area contributed by atoms with Crippen molar-refractivity contribution in [3.8, 4) is 5.75 Å². The van der Waals surface area contributed by atoms with Crippen molar-refractivity contribution in [1.82, 2.24) is 9.97 Å². The molecule has 1 atom stereocenters. The summed E-state index contributed by atoms with van der Waals surface area (Å²) in [6.07, 6.45) is 4.54. The van der Waals surface area contributed by atoms with E-state index in [1.54, 1.807) is 7.11 Å². The Morgan fingerprint density at radius 2 is 1.90 bits per heavy atom. The highest BCUT2D eigenvalue weighted by atomic mass is 127. The number of rotatable bonds is 5. The van der Waals surface area contributed by atoms with Crippen LogP contribution in [0.15, 0.2) is 36.7 Å². The van der Waals surface area contributed by atoms with E-state index in [1.807, 2.05) is 37.6 Å². The molecular weight excluding hydrogens is 365 g/mol. The molecule has 0 saturated heterocycles. The molecule has 2 rings (SSSR count). The van der Waals surface area contributed by atoms with Crippen LogP contribution in [0, 0.1) is 3.57 Å². The zero-order valence-electron chi connectivity index (χ0n) is 11.9. The van der Waals surface area contributed by atoms with Gasteiger partial charge in [-0.3, -0.25) is 0 Å². The van der Waals surface area contributed by atoms with E-state index in [9.17, 15) is 0 Å². The Kier molecular flexibility index (Phi) is 5.17. The van der Waals surface area contributed by atoms with Gasteiger partial charge in [-0.25, -0.2) is 9.97 Å². The molecule has 0 amide bonds. The molecule has 0 radical (unpaired) electrons. The van der Waals surface area contributed by atoms with Gasteiger partial charge >= 0.3 is 0 Å². The van der Waals surface area contributed by atoms with Crippen LogP contribution < -0.4 is 9.64 Å². The second-order valence-electron chi connectivity index (χ2n) is 4.68. The van der Waals surface area contributed by atoms with Crippen molar-refractivity contribution in [2.45, 2.75) is 19.4 Å². The Morgan fingerprint density at radius 1 is 1.25 bits per heavy atom. The van der Waals surface area contributed by atoms with Crippen LogP contribution in [0.3, 0.4) is 0 Å². The molecule has 1 heterocycles. The van der Waals surface area contributed by atoms with Gasteiger partial charge in [0.1, 0.15) is 5.75 Å². The predicted molar refractivity (Wildman–Crippen MR) is 89.3 cm³/mol. The first-order chi connectivity index (χ1) is 9.61. The molecule has 106 valence electrons. The minimum atomic E-state index is 0.284. The minimum absolute atomic E-state index is 0.284. The topological polar surface area (TPSA) is 38.2 Å². The Balaban J connectivity index is 2.11. The molecule has 0 aliphatic carbocycles. The van der Waals surface area contributed by atoms with Crippen molar-refractivity contribution in [3.63, 3.8) is 0 Å². The first kappa shape index (κ1) is 15.0. The van der Waals surface area contributed by atoms with E-state index in [4.69, 9.17) is 4.74 Å². The van der Waals surface area contributed by atoms with Gasteiger partial charge in [0.2, 0.25) is 5.95 Å². The average Bonchev–Trinajstić information content (AvgIpc) is 2.48. The third-order valence-corrected chi connectivity index (χ3v) is 3.85. The SMILES string of the molecule is COc1ccccc1CC(C)N(C)c1ncc(I)cn1. The molecule has 0 spiro atoms. The summed E-state index contributed by atoms with van der Waals surface area (Å²) < 4.78 is 6.44. The fourth-order valence-corrected chi connectivity index (χ4v) is 2.29. The van der Waals surface area contributed by atoms with Gasteiger partial charge in [0, 0.05) is 29.1 Å². The van der Waals surface area contributed by atoms with Gasteiger partial charge in [-0.2, -0.15) is 0 Å². The maximum atomic E-state index is 5.40. The quantitative estimate of drug-likeness (QED) is 0.744. The number of aromatic nitrogens is 2. The highest BCUT2D eigenvalue weighted by molar-refractivity contribution is 14.1. The summed E-state index contributed by atoms with van der Waals surface area (Å²) in [6.45, 7) is 2.16. The number of nitrogens with zero attached hydrogens (tertiary/aromatic N) is 3. The highest BCUT2D eigenvalue weighted by Gasteiger charge is 2.15. The Labute approximate surface area is 133 Å². The lowest BCUT2D eigenvalue weighted by Crippen LogP contribution is -2.32. The van der Waals surface area contributed by atoms with E-state index in [0.29, 0.717) is 0 Å². The molecule has 5 heteroatoms. The number of anilines is 1. The predicted octanol–water partition coefficient (Wildman–Crippen LogP) is 3.16. The van der Waals surface area contributed by atoms with Gasteiger partial charge in [0.15, 0.2) is 0 Å². The van der Waals surface area contributed by atoms with Gasteiger partial charge in [-0.05, 0) is 47.6 Å². The van der Waals surface area contributed by atoms with Gasteiger partial charge in [-0.15, -0.1) is 0 Å². The largest absolute Gasteiger partial charge is 0.496 e. The van der Waals surface area contributed by atoms with Gasteiger partial charge in [-0.1, -0.05) is 18.2 Å². The van der Waals surface area contributed by atoms with Crippen molar-refractivity contribution < 1.29 is 4.74 Å². The zero-order valence-corrected chi connectivity index (χ0v) is 14.0. The smallest absolute Gasteiger partial charge is 0.225 e. The van der Waals surface area contributed by atoms with Gasteiger partial charge in [0.05, 0.1) is 7.11 Å². The lowest BCUT2D eigenvalue weighted by Gasteiger charge is -2.25. The fourth-order valence-electron chi connectivity index (χ4n) is 2.01. The molecule has 0 fully saturated rings. The van der Waals surface area contributed by atoms with Gasteiger partial charge in [0.25, 0.3) is 0 Å². The van der Waals surface area contributed by atoms with E-state index in [0.717, 1.165) is 21.7 Å². The zero-order chi connectivity index (χ0) is 14.5. The maximum Gasteiger partial charge on any atom is 0.225 e. The molecule has 0 saturated carbocycles. The standard InChI is InChI=1S/C15H18IN3O/c1-11(8-12-6-4-5-7-14(12)20-3)19(2)15-17-9-13(16)10-18-15/h4-7,9-11H,8H2,1-3H3. The van der Waals surface area contributed by atoms with E-state index < -0.39 is 0 Å². The van der Waals surface area contributed by atoms with Crippen LogP contribution in [0.25, 0.3) is 0 Å². The van der Waals surface area contributed by atoms with Crippen LogP contribution in [-0.2, 0) is 6.42 Å². The molecule has 0 N–H and O–H groups in total. The lowest BCUT2D eigenvalue weighted by atomic mass is 10.1. The van der Waals surface area contributed by atoms with Crippen molar-refractivity contribution in [3.05, 3.63) is 45.8 Å². The summed E-state index contributed by atoms with van der Waals surface area (Å²) in [5, 5.41) is 0. The molecule has 1 aromatic carbocycles. The average molecular weight is 383 g/mol. The molecule has 1 aromatic heterocycles. The molecule has 2 aromatic rings.